The Bertz CT molecular complexity index is 1490. The molecule has 4 aromatic carbocycles. The maximum absolute atomic E-state index is 12.8. The molecule has 1 aliphatic rings. The van der Waals surface area contributed by atoms with Crippen LogP contribution in [-0.2, 0) is 14.3 Å². The van der Waals surface area contributed by atoms with Crippen molar-refractivity contribution < 1.29 is 23.9 Å². The van der Waals surface area contributed by atoms with Gasteiger partial charge < -0.3 is 14.4 Å². The molecule has 4 aromatic rings. The van der Waals surface area contributed by atoms with Gasteiger partial charge >= 0.3 is 5.97 Å². The molecule has 1 heterocycles. The lowest BCUT2D eigenvalue weighted by atomic mass is 10.0. The van der Waals surface area contributed by atoms with Crippen molar-refractivity contribution in [2.45, 2.75) is 19.4 Å². The number of para-hydroxylation sites is 1. The number of hydrogen-bond donors (Lipinski definition) is 0. The predicted octanol–water partition coefficient (Wildman–Crippen LogP) is 6.97. The fraction of sp³-hybridized carbons (Fsp3) is 0.156. The summed E-state index contributed by atoms with van der Waals surface area (Å²) >= 11 is 5.88. The number of Topliss-reactive ketones (excluding diaryl/α,β-unsaturated/α-hetero) is 1. The lowest BCUT2D eigenvalue weighted by Gasteiger charge is -2.18. The van der Waals surface area contributed by atoms with Gasteiger partial charge in [0.1, 0.15) is 11.5 Å². The van der Waals surface area contributed by atoms with Crippen LogP contribution in [0.3, 0.4) is 0 Å². The Kier molecular flexibility index (Phi) is 7.75. The molecule has 39 heavy (non-hydrogen) atoms. The first kappa shape index (κ1) is 26.2. The summed E-state index contributed by atoms with van der Waals surface area (Å²) in [5.41, 5.74) is 3.08. The van der Waals surface area contributed by atoms with Crippen LogP contribution in [-0.4, -0.2) is 30.3 Å². The molecule has 2 atom stereocenters. The van der Waals surface area contributed by atoms with E-state index in [0.29, 0.717) is 22.0 Å². The van der Waals surface area contributed by atoms with Gasteiger partial charge in [-0.25, -0.2) is 0 Å². The minimum Gasteiger partial charge on any atom is -0.457 e. The first-order chi connectivity index (χ1) is 18.9. The number of nitrogens with zero attached hydrogens (tertiary/aromatic N) is 1. The van der Waals surface area contributed by atoms with E-state index < -0.39 is 18.0 Å². The van der Waals surface area contributed by atoms with Crippen molar-refractivity contribution in [3.8, 4) is 22.6 Å². The zero-order valence-corrected chi connectivity index (χ0v) is 22.0. The summed E-state index contributed by atoms with van der Waals surface area (Å²) in [7, 11) is 0. The Balaban J connectivity index is 1.22. The summed E-state index contributed by atoms with van der Waals surface area (Å²) in [4.78, 5) is 39.7. The number of hydrogen-bond acceptors (Lipinski definition) is 5. The first-order valence-electron chi connectivity index (χ1n) is 12.6. The number of amides is 1. The lowest BCUT2D eigenvalue weighted by Crippen LogP contribution is -2.30. The van der Waals surface area contributed by atoms with Crippen LogP contribution >= 0.6 is 11.6 Å². The number of ketones is 1. The highest BCUT2D eigenvalue weighted by atomic mass is 35.5. The molecular formula is C32H26ClNO5. The van der Waals surface area contributed by atoms with E-state index >= 15 is 0 Å². The number of esters is 1. The van der Waals surface area contributed by atoms with E-state index in [9.17, 15) is 14.4 Å². The smallest absolute Gasteiger partial charge is 0.312 e. The van der Waals surface area contributed by atoms with Gasteiger partial charge in [-0.1, -0.05) is 60.1 Å². The van der Waals surface area contributed by atoms with E-state index in [-0.39, 0.29) is 24.7 Å². The maximum Gasteiger partial charge on any atom is 0.312 e. The molecule has 1 amide bonds. The number of carbonyl (C=O) groups excluding carboxylic acids is 3. The molecule has 6 nitrogen and oxygen atoms in total. The number of halogens is 1. The second-order valence-electron chi connectivity index (χ2n) is 9.31. The van der Waals surface area contributed by atoms with Gasteiger partial charge in [0.15, 0.2) is 6.10 Å². The quantitative estimate of drug-likeness (QED) is 0.179. The summed E-state index contributed by atoms with van der Waals surface area (Å²) < 4.78 is 11.6. The van der Waals surface area contributed by atoms with Crippen LogP contribution in [0, 0.1) is 5.92 Å². The van der Waals surface area contributed by atoms with Gasteiger partial charge in [0.2, 0.25) is 11.7 Å². The van der Waals surface area contributed by atoms with Crippen molar-refractivity contribution in [3.63, 3.8) is 0 Å². The van der Waals surface area contributed by atoms with Crippen molar-refractivity contribution in [2.24, 2.45) is 5.92 Å². The van der Waals surface area contributed by atoms with E-state index in [1.807, 2.05) is 54.6 Å². The van der Waals surface area contributed by atoms with Crippen molar-refractivity contribution in [2.75, 3.05) is 11.4 Å². The summed E-state index contributed by atoms with van der Waals surface area (Å²) in [6.45, 7) is 1.70. The van der Waals surface area contributed by atoms with E-state index in [1.165, 1.54) is 6.92 Å². The monoisotopic (exact) mass is 539 g/mol. The Morgan fingerprint density at radius 2 is 1.54 bits per heavy atom. The van der Waals surface area contributed by atoms with Gasteiger partial charge in [0.05, 0.1) is 5.92 Å². The fourth-order valence-electron chi connectivity index (χ4n) is 4.52. The molecule has 0 saturated carbocycles. The molecule has 7 heteroatoms. The minimum atomic E-state index is -0.974. The lowest BCUT2D eigenvalue weighted by molar-refractivity contribution is -0.151. The fourth-order valence-corrected chi connectivity index (χ4v) is 4.65. The molecule has 5 rings (SSSR count). The third-order valence-electron chi connectivity index (χ3n) is 6.60. The highest BCUT2D eigenvalue weighted by Crippen LogP contribution is 2.34. The topological polar surface area (TPSA) is 72.9 Å². The molecular weight excluding hydrogens is 514 g/mol. The van der Waals surface area contributed by atoms with E-state index in [4.69, 9.17) is 21.1 Å². The second-order valence-corrected chi connectivity index (χ2v) is 9.75. The highest BCUT2D eigenvalue weighted by molar-refractivity contribution is 6.30. The number of anilines is 1. The predicted molar refractivity (Wildman–Crippen MR) is 150 cm³/mol. The average molecular weight is 540 g/mol. The van der Waals surface area contributed by atoms with Gasteiger partial charge in [-0.05, 0) is 67.1 Å². The SMILES string of the molecule is C[C@H](OC(=O)[C@H]1CC(=O)N(c2ccc(Oc3ccccc3-c3ccccc3)cc2)C1)C(=O)c1ccc(Cl)cc1. The van der Waals surface area contributed by atoms with Crippen molar-refractivity contribution in [1.29, 1.82) is 0 Å². The molecule has 0 N–H and O–H groups in total. The zero-order chi connectivity index (χ0) is 27.4. The molecule has 0 aromatic heterocycles. The number of ether oxygens (including phenoxy) is 2. The van der Waals surface area contributed by atoms with Crippen LogP contribution in [0.25, 0.3) is 11.1 Å². The number of rotatable bonds is 8. The second kappa shape index (κ2) is 11.5. The van der Waals surface area contributed by atoms with Crippen LogP contribution in [0.1, 0.15) is 23.7 Å². The van der Waals surface area contributed by atoms with E-state index in [2.05, 4.69) is 0 Å². The van der Waals surface area contributed by atoms with Crippen LogP contribution in [0.4, 0.5) is 5.69 Å². The summed E-state index contributed by atoms with van der Waals surface area (Å²) in [6.07, 6.45) is -0.957. The van der Waals surface area contributed by atoms with Gasteiger partial charge in [-0.2, -0.15) is 0 Å². The van der Waals surface area contributed by atoms with Gasteiger partial charge in [0, 0.05) is 34.8 Å². The van der Waals surface area contributed by atoms with E-state index in [0.717, 1.165) is 16.9 Å². The Labute approximate surface area is 231 Å². The molecule has 196 valence electrons. The highest BCUT2D eigenvalue weighted by Gasteiger charge is 2.37. The van der Waals surface area contributed by atoms with Crippen LogP contribution in [0.15, 0.2) is 103 Å². The van der Waals surface area contributed by atoms with Crippen LogP contribution in [0.5, 0.6) is 11.5 Å². The molecule has 1 fully saturated rings. The molecule has 1 aliphatic heterocycles. The molecule has 0 radical (unpaired) electrons. The maximum atomic E-state index is 12.8. The summed E-state index contributed by atoms with van der Waals surface area (Å²) in [5, 5.41) is 0.511. The zero-order valence-electron chi connectivity index (χ0n) is 21.3. The Morgan fingerprint density at radius 1 is 0.872 bits per heavy atom. The number of carbonyl (C=O) groups is 3. The third kappa shape index (κ3) is 6.02. The normalized spacial score (nSPS) is 15.6. The van der Waals surface area contributed by atoms with Crippen molar-refractivity contribution >= 4 is 34.9 Å². The third-order valence-corrected chi connectivity index (χ3v) is 6.85. The summed E-state index contributed by atoms with van der Waals surface area (Å²) in [6, 6.07) is 31.3. The Morgan fingerprint density at radius 3 is 2.26 bits per heavy atom. The minimum absolute atomic E-state index is 0.0173. The molecule has 0 unspecified atom stereocenters. The molecule has 0 aliphatic carbocycles. The summed E-state index contributed by atoms with van der Waals surface area (Å²) in [5.74, 6) is -0.398. The van der Waals surface area contributed by atoms with E-state index in [1.54, 1.807) is 53.4 Å². The number of benzene rings is 4. The molecule has 0 spiro atoms. The Hall–Kier alpha value is -4.42. The van der Waals surface area contributed by atoms with Gasteiger partial charge in [-0.15, -0.1) is 0 Å². The van der Waals surface area contributed by atoms with Crippen molar-refractivity contribution in [3.05, 3.63) is 114 Å². The molecule has 1 saturated heterocycles. The average Bonchev–Trinajstić information content (AvgIpc) is 3.36. The van der Waals surface area contributed by atoms with Crippen LogP contribution in [0.2, 0.25) is 5.02 Å². The van der Waals surface area contributed by atoms with Crippen molar-refractivity contribution in [1.82, 2.24) is 0 Å². The van der Waals surface area contributed by atoms with Gasteiger partial charge in [0.25, 0.3) is 0 Å². The largest absolute Gasteiger partial charge is 0.457 e. The first-order valence-corrected chi connectivity index (χ1v) is 13.0. The van der Waals surface area contributed by atoms with Gasteiger partial charge in [-0.3, -0.25) is 14.4 Å². The molecule has 0 bridgehead atoms. The standard InChI is InChI=1S/C32H26ClNO5/c1-21(31(36)23-11-13-25(33)14-12-23)38-32(37)24-19-30(35)34(20-24)26-15-17-27(18-16-26)39-29-10-6-5-9-28(29)22-7-3-2-4-8-22/h2-18,21,24H,19-20H2,1H3/t21-,24-/m0/s1. The van der Waals surface area contributed by atoms with Crippen LogP contribution < -0.4 is 9.64 Å².